The molecule has 0 aliphatic carbocycles. The van der Waals surface area contributed by atoms with Crippen LogP contribution in [0.4, 0.5) is 0 Å². The van der Waals surface area contributed by atoms with Crippen LogP contribution >= 0.6 is 0 Å². The molecule has 1 rings (SSSR count). The van der Waals surface area contributed by atoms with Crippen LogP contribution in [0.15, 0.2) is 42.0 Å². The normalized spacial score (nSPS) is 15.7. The van der Waals surface area contributed by atoms with Crippen LogP contribution in [-0.2, 0) is 15.0 Å². The Balaban J connectivity index is 3.25. The van der Waals surface area contributed by atoms with Crippen molar-refractivity contribution in [1.29, 1.82) is 0 Å². The number of carbonyl (C=O) groups excluding carboxylic acids is 2. The molecule has 186 valence electrons. The van der Waals surface area contributed by atoms with Crippen LogP contribution in [0.2, 0.25) is 0 Å². The van der Waals surface area contributed by atoms with E-state index in [-0.39, 0.29) is 30.4 Å². The molecule has 33 heavy (non-hydrogen) atoms. The molecule has 1 aromatic rings. The first kappa shape index (κ1) is 28.9. The second-order valence-electron chi connectivity index (χ2n) is 11.0. The summed E-state index contributed by atoms with van der Waals surface area (Å²) in [6.07, 6.45) is 1.93. The minimum Gasteiger partial charge on any atom is -0.392 e. The van der Waals surface area contributed by atoms with Gasteiger partial charge < -0.3 is 20.6 Å². The van der Waals surface area contributed by atoms with E-state index >= 15 is 0 Å². The first-order chi connectivity index (χ1) is 15.2. The Bertz CT molecular complexity index is 810. The Kier molecular flexibility index (Phi) is 10.3. The molecule has 0 saturated carbocycles. The number of likely N-dealkylation sites (N-methyl/N-ethyl adjacent to an activating group) is 2. The molecule has 0 saturated heterocycles. The van der Waals surface area contributed by atoms with Gasteiger partial charge in [0.05, 0.1) is 18.7 Å². The highest BCUT2D eigenvalue weighted by Crippen LogP contribution is 2.29. The van der Waals surface area contributed by atoms with Crippen LogP contribution in [0, 0.1) is 11.3 Å². The highest BCUT2D eigenvalue weighted by atomic mass is 16.3. The summed E-state index contributed by atoms with van der Waals surface area (Å²) in [7, 11) is 3.54. The Morgan fingerprint density at radius 3 is 2.03 bits per heavy atom. The third-order valence-electron chi connectivity index (χ3n) is 6.37. The zero-order chi connectivity index (χ0) is 25.6. The minimum atomic E-state index is -0.707. The third-order valence-corrected chi connectivity index (χ3v) is 6.37. The molecule has 2 unspecified atom stereocenters. The van der Waals surface area contributed by atoms with E-state index < -0.39 is 22.9 Å². The number of hydrogen-bond donors (Lipinski definition) is 3. The molecule has 3 atom stereocenters. The van der Waals surface area contributed by atoms with Crippen LogP contribution in [0.3, 0.4) is 0 Å². The Morgan fingerprint density at radius 2 is 1.61 bits per heavy atom. The number of aliphatic hydroxyl groups is 1. The first-order valence-corrected chi connectivity index (χ1v) is 11.8. The quantitative estimate of drug-likeness (QED) is 0.468. The van der Waals surface area contributed by atoms with E-state index in [0.29, 0.717) is 0 Å². The molecule has 0 spiro atoms. The third kappa shape index (κ3) is 7.41. The van der Waals surface area contributed by atoms with E-state index in [2.05, 4.69) is 10.6 Å². The van der Waals surface area contributed by atoms with E-state index in [1.54, 1.807) is 19.0 Å². The van der Waals surface area contributed by atoms with Crippen LogP contribution in [0.25, 0.3) is 0 Å². The van der Waals surface area contributed by atoms with Gasteiger partial charge in [-0.25, -0.2) is 0 Å². The van der Waals surface area contributed by atoms with E-state index in [4.69, 9.17) is 0 Å². The van der Waals surface area contributed by atoms with Gasteiger partial charge in [-0.15, -0.1) is 0 Å². The highest BCUT2D eigenvalue weighted by Gasteiger charge is 2.41. The largest absolute Gasteiger partial charge is 0.392 e. The van der Waals surface area contributed by atoms with Crippen molar-refractivity contribution in [1.82, 2.24) is 15.5 Å². The fourth-order valence-corrected chi connectivity index (χ4v) is 4.17. The molecule has 0 aromatic heterocycles. The molecule has 0 aliphatic heterocycles. The lowest BCUT2D eigenvalue weighted by Gasteiger charge is -2.40. The number of benzene rings is 1. The van der Waals surface area contributed by atoms with Gasteiger partial charge >= 0.3 is 0 Å². The zero-order valence-electron chi connectivity index (χ0n) is 22.2. The minimum absolute atomic E-state index is 0.0525. The summed E-state index contributed by atoms with van der Waals surface area (Å²) in [4.78, 5) is 28.9. The summed E-state index contributed by atoms with van der Waals surface area (Å²) in [6.45, 7) is 15.8. The predicted octanol–water partition coefficient (Wildman–Crippen LogP) is 3.50. The van der Waals surface area contributed by atoms with Crippen molar-refractivity contribution in [3.63, 3.8) is 0 Å². The van der Waals surface area contributed by atoms with Gasteiger partial charge in [0.25, 0.3) is 0 Å². The topological polar surface area (TPSA) is 81.7 Å². The summed E-state index contributed by atoms with van der Waals surface area (Å²) in [6, 6.07) is 8.49. The number of hydrogen-bond acceptors (Lipinski definition) is 4. The maximum Gasteiger partial charge on any atom is 0.245 e. The maximum absolute atomic E-state index is 13.7. The average Bonchev–Trinajstić information content (AvgIpc) is 2.74. The fourth-order valence-electron chi connectivity index (χ4n) is 4.17. The Hall–Kier alpha value is -2.18. The van der Waals surface area contributed by atoms with Crippen molar-refractivity contribution < 1.29 is 14.7 Å². The van der Waals surface area contributed by atoms with Crippen LogP contribution in [0.1, 0.15) is 61.0 Å². The number of nitrogens with one attached hydrogen (secondary N) is 2. The smallest absolute Gasteiger partial charge is 0.245 e. The molecular formula is C27H45N3O3. The number of nitrogens with zero attached hydrogens (tertiary/aromatic N) is 1. The SMILES string of the molecule is CN[C@H](C(=O)NC(C(=O)N(C)C(/C=C(\C)CO)C(C)C)C(C)(C)C)C(C)(C)c1ccccc1. The summed E-state index contributed by atoms with van der Waals surface area (Å²) in [5.74, 6) is -0.209. The molecule has 2 amide bonds. The standard InChI is InChI=1S/C27H45N3O3/c1-18(2)21(16-19(3)17-31)30(10)25(33)23(26(4,5)6)29-24(32)22(28-9)27(7,8)20-14-12-11-13-15-20/h11-16,18,21-23,28,31H,17H2,1-10H3,(H,29,32)/b19-16+/t21?,22-,23?/m1/s1. The summed E-state index contributed by atoms with van der Waals surface area (Å²) in [5.41, 5.74) is 0.871. The van der Waals surface area contributed by atoms with Gasteiger partial charge in [-0.1, -0.05) is 90.4 Å². The van der Waals surface area contributed by atoms with Crippen LogP contribution in [-0.4, -0.2) is 60.6 Å². The second-order valence-corrected chi connectivity index (χ2v) is 11.0. The molecule has 6 heteroatoms. The van der Waals surface area contributed by atoms with Gasteiger partial charge in [-0.3, -0.25) is 9.59 Å². The molecule has 0 heterocycles. The van der Waals surface area contributed by atoms with Crippen molar-refractivity contribution in [2.24, 2.45) is 11.3 Å². The molecule has 0 radical (unpaired) electrons. The van der Waals surface area contributed by atoms with Gasteiger partial charge in [-0.2, -0.15) is 0 Å². The molecule has 3 N–H and O–H groups in total. The lowest BCUT2D eigenvalue weighted by molar-refractivity contribution is -0.140. The monoisotopic (exact) mass is 459 g/mol. The second kappa shape index (κ2) is 11.8. The van der Waals surface area contributed by atoms with Crippen LogP contribution in [0.5, 0.6) is 0 Å². The van der Waals surface area contributed by atoms with Gasteiger partial charge in [-0.05, 0) is 30.9 Å². The predicted molar refractivity (Wildman–Crippen MR) is 136 cm³/mol. The van der Waals surface area contributed by atoms with Crippen molar-refractivity contribution in [3.05, 3.63) is 47.5 Å². The summed E-state index contributed by atoms with van der Waals surface area (Å²) in [5, 5.41) is 15.7. The molecule has 1 aromatic carbocycles. The van der Waals surface area contributed by atoms with E-state index in [1.807, 2.05) is 91.8 Å². The van der Waals surface area contributed by atoms with Gasteiger partial charge in [0.15, 0.2) is 0 Å². The zero-order valence-corrected chi connectivity index (χ0v) is 22.2. The lowest BCUT2D eigenvalue weighted by Crippen LogP contribution is -2.61. The van der Waals surface area contributed by atoms with E-state index in [1.165, 1.54) is 0 Å². The molecule has 6 nitrogen and oxygen atoms in total. The number of carbonyl (C=O) groups is 2. The van der Waals surface area contributed by atoms with Gasteiger partial charge in [0, 0.05) is 12.5 Å². The molecule has 0 aliphatic rings. The van der Waals surface area contributed by atoms with Crippen molar-refractivity contribution in [3.8, 4) is 0 Å². The summed E-state index contributed by atoms with van der Waals surface area (Å²) >= 11 is 0. The van der Waals surface area contributed by atoms with Crippen molar-refractivity contribution >= 4 is 11.8 Å². The average molecular weight is 460 g/mol. The number of rotatable bonds is 10. The molecule has 0 bridgehead atoms. The van der Waals surface area contributed by atoms with Crippen molar-refractivity contribution in [2.75, 3.05) is 20.7 Å². The van der Waals surface area contributed by atoms with Crippen molar-refractivity contribution in [2.45, 2.75) is 78.9 Å². The molecule has 0 fully saturated rings. The maximum atomic E-state index is 13.7. The number of amides is 2. The number of aliphatic hydroxyl groups excluding tert-OH is 1. The van der Waals surface area contributed by atoms with E-state index in [9.17, 15) is 14.7 Å². The fraction of sp³-hybridized carbons (Fsp3) is 0.630. The Labute approximate surface area is 200 Å². The van der Waals surface area contributed by atoms with E-state index in [0.717, 1.165) is 11.1 Å². The van der Waals surface area contributed by atoms with Gasteiger partial charge in [0.2, 0.25) is 11.8 Å². The molecular weight excluding hydrogens is 414 g/mol. The van der Waals surface area contributed by atoms with Gasteiger partial charge in [0.1, 0.15) is 6.04 Å². The highest BCUT2D eigenvalue weighted by molar-refractivity contribution is 5.91. The Morgan fingerprint density at radius 1 is 1.06 bits per heavy atom. The summed E-state index contributed by atoms with van der Waals surface area (Å²) < 4.78 is 0. The lowest BCUT2D eigenvalue weighted by atomic mass is 9.76. The van der Waals surface area contributed by atoms with Crippen LogP contribution < -0.4 is 10.6 Å². The first-order valence-electron chi connectivity index (χ1n) is 11.8.